The average Bonchev–Trinajstić information content (AvgIpc) is 2.47. The molecule has 0 radical (unpaired) electrons. The Morgan fingerprint density at radius 3 is 2.38 bits per heavy atom. The number of nitrogens with two attached hydrogens (primary N) is 1. The molecule has 2 N–H and O–H groups in total. The van der Waals surface area contributed by atoms with E-state index >= 15 is 0 Å². The lowest BCUT2D eigenvalue weighted by Crippen LogP contribution is -1.99. The first-order valence-corrected chi connectivity index (χ1v) is 7.51. The molecule has 5 heteroatoms. The lowest BCUT2D eigenvalue weighted by atomic mass is 10.2. The first-order chi connectivity index (χ1) is 10.1. The van der Waals surface area contributed by atoms with Crippen molar-refractivity contribution in [3.8, 4) is 0 Å². The van der Waals surface area contributed by atoms with Crippen LogP contribution in [0.4, 0.5) is 5.69 Å². The molecule has 0 bridgehead atoms. The van der Waals surface area contributed by atoms with Crippen molar-refractivity contribution in [2.45, 2.75) is 30.8 Å². The van der Waals surface area contributed by atoms with Crippen molar-refractivity contribution in [1.82, 2.24) is 15.0 Å². The van der Waals surface area contributed by atoms with Crippen LogP contribution in [0.1, 0.15) is 17.0 Å². The fourth-order valence-electron chi connectivity index (χ4n) is 2.12. The predicted molar refractivity (Wildman–Crippen MR) is 86.5 cm³/mol. The van der Waals surface area contributed by atoms with Gasteiger partial charge in [0.15, 0.2) is 5.16 Å². The molecule has 0 spiro atoms. The maximum atomic E-state index is 6.10. The summed E-state index contributed by atoms with van der Waals surface area (Å²) in [4.78, 5) is 14.4. The number of hydrogen-bond donors (Lipinski definition) is 1. The topological polar surface area (TPSA) is 64.7 Å². The van der Waals surface area contributed by atoms with E-state index in [0.717, 1.165) is 37.9 Å². The van der Waals surface area contributed by atoms with Crippen LogP contribution in [0.3, 0.4) is 0 Å². The van der Waals surface area contributed by atoms with E-state index < -0.39 is 0 Å². The van der Waals surface area contributed by atoms with Crippen LogP contribution in [0.5, 0.6) is 0 Å². The van der Waals surface area contributed by atoms with Crippen molar-refractivity contribution >= 4 is 28.4 Å². The van der Waals surface area contributed by atoms with E-state index in [1.807, 2.05) is 45.0 Å². The SMILES string of the molecule is Cc1nc(Sc2c(N)cnc3ccccc23)nc(C)c1C. The van der Waals surface area contributed by atoms with Gasteiger partial charge in [0.2, 0.25) is 0 Å². The quantitative estimate of drug-likeness (QED) is 0.731. The molecule has 0 fully saturated rings. The molecule has 3 aromatic rings. The minimum absolute atomic E-state index is 0.651. The van der Waals surface area contributed by atoms with Crippen molar-refractivity contribution < 1.29 is 0 Å². The number of pyridine rings is 1. The zero-order valence-corrected chi connectivity index (χ0v) is 13.0. The maximum absolute atomic E-state index is 6.10. The number of fused-ring (bicyclic) bond motifs is 1. The van der Waals surface area contributed by atoms with Crippen LogP contribution in [0.15, 0.2) is 40.5 Å². The summed E-state index contributed by atoms with van der Waals surface area (Å²) in [5.74, 6) is 0. The number of aromatic nitrogens is 3. The van der Waals surface area contributed by atoms with Gasteiger partial charge in [0.05, 0.1) is 17.4 Å². The Bertz CT molecular complexity index is 807. The van der Waals surface area contributed by atoms with Crippen LogP contribution in [0, 0.1) is 20.8 Å². The minimum Gasteiger partial charge on any atom is -0.397 e. The Balaban J connectivity index is 2.12. The van der Waals surface area contributed by atoms with Crippen LogP contribution >= 0.6 is 11.8 Å². The third kappa shape index (κ3) is 2.56. The second kappa shape index (κ2) is 5.33. The normalized spacial score (nSPS) is 11.0. The van der Waals surface area contributed by atoms with E-state index in [1.165, 1.54) is 11.8 Å². The number of benzene rings is 1. The molecule has 21 heavy (non-hydrogen) atoms. The summed E-state index contributed by atoms with van der Waals surface area (Å²) in [7, 11) is 0. The summed E-state index contributed by atoms with van der Waals surface area (Å²) in [6, 6.07) is 7.96. The lowest BCUT2D eigenvalue weighted by molar-refractivity contribution is 0.881. The first-order valence-electron chi connectivity index (χ1n) is 6.69. The number of anilines is 1. The molecule has 4 nitrogen and oxygen atoms in total. The van der Waals surface area contributed by atoms with Gasteiger partial charge >= 0.3 is 0 Å². The number of aryl methyl sites for hydroxylation is 2. The summed E-state index contributed by atoms with van der Waals surface area (Å²) in [6.45, 7) is 6.04. The molecule has 2 aromatic heterocycles. The molecule has 0 unspecified atom stereocenters. The molecule has 0 saturated heterocycles. The fourth-order valence-corrected chi connectivity index (χ4v) is 3.12. The molecular weight excluding hydrogens is 280 g/mol. The van der Waals surface area contributed by atoms with Crippen molar-refractivity contribution in [1.29, 1.82) is 0 Å². The Morgan fingerprint density at radius 2 is 1.67 bits per heavy atom. The van der Waals surface area contributed by atoms with Crippen molar-refractivity contribution in [3.05, 3.63) is 47.4 Å². The Morgan fingerprint density at radius 1 is 1.00 bits per heavy atom. The van der Waals surface area contributed by atoms with E-state index in [-0.39, 0.29) is 0 Å². The van der Waals surface area contributed by atoms with Gasteiger partial charge < -0.3 is 5.73 Å². The number of nitrogens with zero attached hydrogens (tertiary/aromatic N) is 3. The maximum Gasteiger partial charge on any atom is 0.192 e. The molecule has 0 aliphatic carbocycles. The third-order valence-corrected chi connectivity index (χ3v) is 4.58. The van der Waals surface area contributed by atoms with Crippen LogP contribution in [-0.2, 0) is 0 Å². The van der Waals surface area contributed by atoms with Crippen LogP contribution < -0.4 is 5.73 Å². The van der Waals surface area contributed by atoms with E-state index in [0.29, 0.717) is 5.69 Å². The number of hydrogen-bond acceptors (Lipinski definition) is 5. The smallest absolute Gasteiger partial charge is 0.192 e. The van der Waals surface area contributed by atoms with Crippen LogP contribution in [-0.4, -0.2) is 15.0 Å². The van der Waals surface area contributed by atoms with Gasteiger partial charge in [0.1, 0.15) is 0 Å². The molecule has 2 heterocycles. The van der Waals surface area contributed by atoms with Gasteiger partial charge in [-0.3, -0.25) is 4.98 Å². The highest BCUT2D eigenvalue weighted by Crippen LogP contribution is 2.35. The van der Waals surface area contributed by atoms with E-state index in [2.05, 4.69) is 15.0 Å². The van der Waals surface area contributed by atoms with Gasteiger partial charge in [-0.15, -0.1) is 0 Å². The van der Waals surface area contributed by atoms with Crippen LogP contribution in [0.2, 0.25) is 0 Å². The summed E-state index contributed by atoms with van der Waals surface area (Å²) in [5, 5.41) is 1.75. The van der Waals surface area contributed by atoms with Gasteiger partial charge in [-0.1, -0.05) is 18.2 Å². The second-order valence-electron chi connectivity index (χ2n) is 4.96. The highest BCUT2D eigenvalue weighted by molar-refractivity contribution is 7.99. The van der Waals surface area contributed by atoms with Crippen molar-refractivity contribution in [2.24, 2.45) is 0 Å². The van der Waals surface area contributed by atoms with Gasteiger partial charge in [-0.05, 0) is 44.2 Å². The van der Waals surface area contributed by atoms with Crippen molar-refractivity contribution in [2.75, 3.05) is 5.73 Å². The molecule has 1 aromatic carbocycles. The molecule has 106 valence electrons. The zero-order valence-electron chi connectivity index (χ0n) is 12.2. The van der Waals surface area contributed by atoms with Gasteiger partial charge in [-0.25, -0.2) is 9.97 Å². The first kappa shape index (κ1) is 13.8. The third-order valence-electron chi connectivity index (χ3n) is 3.56. The second-order valence-corrected chi connectivity index (χ2v) is 5.94. The number of nitrogen functional groups attached to an aromatic ring is 1. The molecule has 0 atom stereocenters. The molecule has 0 saturated carbocycles. The standard InChI is InChI=1S/C16H16N4S/c1-9-10(2)19-16(20-11(9)3)21-15-12-6-4-5-7-14(12)18-8-13(15)17/h4-8H,17H2,1-3H3. The molecule has 0 aliphatic heterocycles. The summed E-state index contributed by atoms with van der Waals surface area (Å²) in [6.07, 6.45) is 1.69. The molecule has 3 rings (SSSR count). The van der Waals surface area contributed by atoms with E-state index in [4.69, 9.17) is 5.73 Å². The molecule has 0 aliphatic rings. The zero-order chi connectivity index (χ0) is 15.0. The summed E-state index contributed by atoms with van der Waals surface area (Å²) >= 11 is 1.49. The van der Waals surface area contributed by atoms with E-state index in [1.54, 1.807) is 6.20 Å². The Hall–Kier alpha value is -2.14. The van der Waals surface area contributed by atoms with Crippen LogP contribution in [0.25, 0.3) is 10.9 Å². The summed E-state index contributed by atoms with van der Waals surface area (Å²) in [5.41, 5.74) is 10.8. The highest BCUT2D eigenvalue weighted by atomic mass is 32.2. The van der Waals surface area contributed by atoms with Gasteiger partial charge in [0, 0.05) is 21.7 Å². The Kier molecular flexibility index (Phi) is 3.51. The lowest BCUT2D eigenvalue weighted by Gasteiger charge is -2.10. The molecular formula is C16H16N4S. The monoisotopic (exact) mass is 296 g/mol. The Labute approximate surface area is 127 Å². The number of para-hydroxylation sites is 1. The summed E-state index contributed by atoms with van der Waals surface area (Å²) < 4.78 is 0. The molecule has 0 amide bonds. The predicted octanol–water partition coefficient (Wildman–Crippen LogP) is 3.68. The number of rotatable bonds is 2. The van der Waals surface area contributed by atoms with Gasteiger partial charge in [0.25, 0.3) is 0 Å². The highest BCUT2D eigenvalue weighted by Gasteiger charge is 2.12. The average molecular weight is 296 g/mol. The minimum atomic E-state index is 0.651. The van der Waals surface area contributed by atoms with Gasteiger partial charge in [-0.2, -0.15) is 0 Å². The largest absolute Gasteiger partial charge is 0.397 e. The fraction of sp³-hybridized carbons (Fsp3) is 0.188. The van der Waals surface area contributed by atoms with E-state index in [9.17, 15) is 0 Å². The van der Waals surface area contributed by atoms with Crippen molar-refractivity contribution in [3.63, 3.8) is 0 Å².